The number of thiophene rings is 1. The first-order chi connectivity index (χ1) is 10.0. The number of carboxylic acid groups (broad SMARTS) is 1. The van der Waals surface area contributed by atoms with Gasteiger partial charge >= 0.3 is 5.97 Å². The Kier molecular flexibility index (Phi) is 4.73. The van der Waals surface area contributed by atoms with Crippen LogP contribution in [0, 0.1) is 0 Å². The van der Waals surface area contributed by atoms with Gasteiger partial charge in [0.05, 0.1) is 0 Å². The molecule has 0 spiro atoms. The van der Waals surface area contributed by atoms with Crippen LogP contribution in [0.25, 0.3) is 6.08 Å². The highest BCUT2D eigenvalue weighted by atomic mass is 32.1. The van der Waals surface area contributed by atoms with Crippen LogP contribution in [-0.2, 0) is 11.4 Å². The van der Waals surface area contributed by atoms with Crippen molar-refractivity contribution in [3.8, 4) is 5.75 Å². The van der Waals surface area contributed by atoms with Crippen molar-refractivity contribution in [3.05, 3.63) is 57.8 Å². The molecule has 0 radical (unpaired) electrons. The molecule has 3 N–H and O–H groups in total. The number of aliphatic carboxylic acids is 1. The van der Waals surface area contributed by atoms with Gasteiger partial charge in [-0.25, -0.2) is 4.79 Å². The Morgan fingerprint density at radius 1 is 1.19 bits per heavy atom. The molecule has 0 saturated heterocycles. The molecular weight excluding hydrogens is 290 g/mol. The Morgan fingerprint density at radius 2 is 1.90 bits per heavy atom. The van der Waals surface area contributed by atoms with Crippen LogP contribution in [0.3, 0.4) is 0 Å². The van der Waals surface area contributed by atoms with Crippen LogP contribution in [0.5, 0.6) is 5.75 Å². The lowest BCUT2D eigenvalue weighted by Crippen LogP contribution is -2.10. The molecule has 0 bridgehead atoms. The predicted molar refractivity (Wildman–Crippen MR) is 80.3 cm³/mol. The standard InChI is InChI=1S/C15H13NO4S/c16-15(19)10-1-3-11(4-2-10)20-9-13-6-5-12(21-13)7-8-14(17)18/h1-8H,9H2,(H2,16,19)(H,17,18). The summed E-state index contributed by atoms with van der Waals surface area (Å²) in [6.07, 6.45) is 2.64. The van der Waals surface area contributed by atoms with Gasteiger partial charge in [-0.2, -0.15) is 0 Å². The van der Waals surface area contributed by atoms with Crippen molar-refractivity contribution in [2.24, 2.45) is 5.73 Å². The Labute approximate surface area is 125 Å². The lowest BCUT2D eigenvalue weighted by molar-refractivity contribution is -0.131. The molecule has 0 atom stereocenters. The van der Waals surface area contributed by atoms with E-state index in [1.807, 2.05) is 12.1 Å². The molecule has 1 amide bonds. The summed E-state index contributed by atoms with van der Waals surface area (Å²) in [7, 11) is 0. The molecule has 108 valence electrons. The van der Waals surface area contributed by atoms with Crippen LogP contribution in [0.2, 0.25) is 0 Å². The minimum atomic E-state index is -0.976. The number of hydrogen-bond acceptors (Lipinski definition) is 4. The van der Waals surface area contributed by atoms with E-state index >= 15 is 0 Å². The molecule has 2 rings (SSSR count). The molecule has 6 heteroatoms. The Bertz CT molecular complexity index is 673. The number of carbonyl (C=O) groups excluding carboxylic acids is 1. The van der Waals surface area contributed by atoms with Crippen molar-refractivity contribution in [2.45, 2.75) is 6.61 Å². The van der Waals surface area contributed by atoms with Crippen molar-refractivity contribution < 1.29 is 19.4 Å². The minimum absolute atomic E-state index is 0.376. The van der Waals surface area contributed by atoms with Gasteiger partial charge in [-0.05, 0) is 42.5 Å². The lowest BCUT2D eigenvalue weighted by atomic mass is 10.2. The SMILES string of the molecule is NC(=O)c1ccc(OCc2ccc(C=CC(=O)O)s2)cc1. The minimum Gasteiger partial charge on any atom is -0.488 e. The predicted octanol–water partition coefficient (Wildman–Crippen LogP) is 2.52. The van der Waals surface area contributed by atoms with Crippen molar-refractivity contribution in [1.29, 1.82) is 0 Å². The molecule has 0 aliphatic carbocycles. The van der Waals surface area contributed by atoms with E-state index in [1.54, 1.807) is 24.3 Å². The molecular formula is C15H13NO4S. The van der Waals surface area contributed by atoms with Crippen molar-refractivity contribution in [2.75, 3.05) is 0 Å². The van der Waals surface area contributed by atoms with E-state index in [4.69, 9.17) is 15.6 Å². The molecule has 0 fully saturated rings. The van der Waals surface area contributed by atoms with Crippen molar-refractivity contribution >= 4 is 29.3 Å². The summed E-state index contributed by atoms with van der Waals surface area (Å²) in [6, 6.07) is 10.3. The van der Waals surface area contributed by atoms with E-state index in [-0.39, 0.29) is 0 Å². The number of nitrogens with two attached hydrogens (primary N) is 1. The highest BCUT2D eigenvalue weighted by Crippen LogP contribution is 2.20. The molecule has 1 aromatic heterocycles. The first kappa shape index (κ1) is 14.8. The Hall–Kier alpha value is -2.60. The largest absolute Gasteiger partial charge is 0.488 e. The van der Waals surface area contributed by atoms with Gasteiger partial charge in [0, 0.05) is 21.4 Å². The summed E-state index contributed by atoms with van der Waals surface area (Å²) in [5.41, 5.74) is 5.59. The molecule has 21 heavy (non-hydrogen) atoms. The fraction of sp³-hybridized carbons (Fsp3) is 0.0667. The third-order valence-corrected chi connectivity index (χ3v) is 3.62. The lowest BCUT2D eigenvalue weighted by Gasteiger charge is -2.04. The highest BCUT2D eigenvalue weighted by molar-refractivity contribution is 7.12. The second kappa shape index (κ2) is 6.71. The van der Waals surface area contributed by atoms with Crippen molar-refractivity contribution in [3.63, 3.8) is 0 Å². The fourth-order valence-electron chi connectivity index (χ4n) is 1.58. The van der Waals surface area contributed by atoms with E-state index in [0.29, 0.717) is 17.9 Å². The quantitative estimate of drug-likeness (QED) is 0.802. The summed E-state index contributed by atoms with van der Waals surface area (Å²) in [5, 5.41) is 8.56. The summed E-state index contributed by atoms with van der Waals surface area (Å²) in [6.45, 7) is 0.376. The first-order valence-electron chi connectivity index (χ1n) is 6.07. The van der Waals surface area contributed by atoms with E-state index in [9.17, 15) is 9.59 Å². The number of primary amides is 1. The zero-order chi connectivity index (χ0) is 15.2. The Morgan fingerprint density at radius 3 is 2.52 bits per heavy atom. The third-order valence-electron chi connectivity index (χ3n) is 2.59. The number of ether oxygens (including phenoxy) is 1. The Balaban J connectivity index is 1.93. The van der Waals surface area contributed by atoms with Crippen LogP contribution < -0.4 is 10.5 Å². The van der Waals surface area contributed by atoms with Crippen LogP contribution in [0.1, 0.15) is 20.1 Å². The number of carboxylic acids is 1. The van der Waals surface area contributed by atoms with Crippen LogP contribution >= 0.6 is 11.3 Å². The molecule has 0 saturated carbocycles. The van der Waals surface area contributed by atoms with Gasteiger partial charge in [0.2, 0.25) is 5.91 Å². The molecule has 0 unspecified atom stereocenters. The summed E-state index contributed by atoms with van der Waals surface area (Å²) < 4.78 is 5.58. The molecule has 5 nitrogen and oxygen atoms in total. The number of hydrogen-bond donors (Lipinski definition) is 2. The van der Waals surface area contributed by atoms with Gasteiger partial charge in [0.25, 0.3) is 0 Å². The van der Waals surface area contributed by atoms with Crippen LogP contribution in [-0.4, -0.2) is 17.0 Å². The summed E-state index contributed by atoms with van der Waals surface area (Å²) >= 11 is 1.45. The van der Waals surface area contributed by atoms with Gasteiger partial charge in [-0.3, -0.25) is 4.79 Å². The van der Waals surface area contributed by atoms with E-state index in [0.717, 1.165) is 15.8 Å². The molecule has 1 aromatic carbocycles. The number of amides is 1. The van der Waals surface area contributed by atoms with E-state index in [1.165, 1.54) is 17.4 Å². The monoisotopic (exact) mass is 303 g/mol. The van der Waals surface area contributed by atoms with Crippen molar-refractivity contribution in [1.82, 2.24) is 0 Å². The average molecular weight is 303 g/mol. The first-order valence-corrected chi connectivity index (χ1v) is 6.88. The number of benzene rings is 1. The van der Waals surface area contributed by atoms with E-state index < -0.39 is 11.9 Å². The van der Waals surface area contributed by atoms with Crippen LogP contribution in [0.4, 0.5) is 0 Å². The van der Waals surface area contributed by atoms with Gasteiger partial charge in [-0.15, -0.1) is 11.3 Å². The maximum atomic E-state index is 10.9. The molecule has 0 aliphatic rings. The second-order valence-electron chi connectivity index (χ2n) is 4.15. The summed E-state index contributed by atoms with van der Waals surface area (Å²) in [5.74, 6) is -0.818. The molecule has 2 aromatic rings. The molecule has 1 heterocycles. The number of rotatable bonds is 6. The molecule has 0 aliphatic heterocycles. The third kappa shape index (κ3) is 4.47. The second-order valence-corrected chi connectivity index (χ2v) is 5.35. The van der Waals surface area contributed by atoms with Gasteiger partial charge in [0.1, 0.15) is 12.4 Å². The maximum absolute atomic E-state index is 10.9. The number of carbonyl (C=O) groups is 2. The smallest absolute Gasteiger partial charge is 0.328 e. The topological polar surface area (TPSA) is 89.6 Å². The summed E-state index contributed by atoms with van der Waals surface area (Å²) in [4.78, 5) is 23.2. The fourth-order valence-corrected chi connectivity index (χ4v) is 2.41. The maximum Gasteiger partial charge on any atom is 0.328 e. The zero-order valence-corrected chi connectivity index (χ0v) is 11.8. The van der Waals surface area contributed by atoms with Crippen LogP contribution in [0.15, 0.2) is 42.5 Å². The van der Waals surface area contributed by atoms with Gasteiger partial charge in [-0.1, -0.05) is 0 Å². The van der Waals surface area contributed by atoms with Gasteiger partial charge < -0.3 is 15.6 Å². The average Bonchev–Trinajstić information content (AvgIpc) is 2.91. The normalized spacial score (nSPS) is 10.7. The van der Waals surface area contributed by atoms with Gasteiger partial charge in [0.15, 0.2) is 0 Å². The highest BCUT2D eigenvalue weighted by Gasteiger charge is 2.02. The zero-order valence-electron chi connectivity index (χ0n) is 11.0. The van der Waals surface area contributed by atoms with E-state index in [2.05, 4.69) is 0 Å².